The van der Waals surface area contributed by atoms with Crippen LogP contribution in [0.1, 0.15) is 18.4 Å². The SMILES string of the molecule is CN(C)CCCOc1ncc(Br)cc1C1(C(N)=O)C=CC=CC1. The Hall–Kier alpha value is -1.66. The molecule has 2 N–H and O–H groups in total. The van der Waals surface area contributed by atoms with Crippen molar-refractivity contribution in [2.24, 2.45) is 5.73 Å². The van der Waals surface area contributed by atoms with E-state index >= 15 is 0 Å². The van der Waals surface area contributed by atoms with Gasteiger partial charge in [-0.2, -0.15) is 0 Å². The number of nitrogens with two attached hydrogens (primary N) is 1. The predicted octanol–water partition coefficient (Wildman–Crippen LogP) is 2.41. The number of rotatable bonds is 7. The maximum atomic E-state index is 12.2. The number of nitrogens with zero attached hydrogens (tertiary/aromatic N) is 2. The van der Waals surface area contributed by atoms with Crippen LogP contribution in [0, 0.1) is 0 Å². The van der Waals surface area contributed by atoms with Gasteiger partial charge in [-0.05, 0) is 48.9 Å². The van der Waals surface area contributed by atoms with Gasteiger partial charge in [0.1, 0.15) is 5.41 Å². The van der Waals surface area contributed by atoms with Crippen molar-refractivity contribution >= 4 is 21.8 Å². The number of pyridine rings is 1. The molecular weight excluding hydrogens is 358 g/mol. The van der Waals surface area contributed by atoms with E-state index in [9.17, 15) is 4.79 Å². The van der Waals surface area contributed by atoms with Gasteiger partial charge in [0, 0.05) is 22.8 Å². The number of amides is 1. The fourth-order valence-electron chi connectivity index (χ4n) is 2.55. The molecule has 0 saturated carbocycles. The number of primary amides is 1. The summed E-state index contributed by atoms with van der Waals surface area (Å²) in [6.07, 6.45) is 10.6. The summed E-state index contributed by atoms with van der Waals surface area (Å²) in [7, 11) is 4.04. The van der Waals surface area contributed by atoms with E-state index in [0.29, 0.717) is 24.5 Å². The highest BCUT2D eigenvalue weighted by atomic mass is 79.9. The largest absolute Gasteiger partial charge is 0.477 e. The minimum Gasteiger partial charge on any atom is -0.477 e. The van der Waals surface area contributed by atoms with Crippen LogP contribution in [0.4, 0.5) is 0 Å². The lowest BCUT2D eigenvalue weighted by atomic mass is 9.75. The second kappa shape index (κ2) is 7.75. The molecule has 124 valence electrons. The Morgan fingerprint density at radius 2 is 2.26 bits per heavy atom. The van der Waals surface area contributed by atoms with Crippen molar-refractivity contribution in [2.75, 3.05) is 27.2 Å². The molecule has 23 heavy (non-hydrogen) atoms. The molecule has 0 radical (unpaired) electrons. The Morgan fingerprint density at radius 1 is 1.48 bits per heavy atom. The van der Waals surface area contributed by atoms with Gasteiger partial charge in [-0.1, -0.05) is 24.3 Å². The number of carbonyl (C=O) groups excluding carboxylic acids is 1. The van der Waals surface area contributed by atoms with E-state index in [2.05, 4.69) is 25.8 Å². The summed E-state index contributed by atoms with van der Waals surface area (Å²) in [5.41, 5.74) is 5.50. The molecule has 0 bridgehead atoms. The number of allylic oxidation sites excluding steroid dienone is 3. The van der Waals surface area contributed by atoms with Gasteiger partial charge in [0.05, 0.1) is 6.61 Å². The topological polar surface area (TPSA) is 68.4 Å². The molecule has 0 fully saturated rings. The Morgan fingerprint density at radius 3 is 2.87 bits per heavy atom. The molecule has 1 aromatic rings. The van der Waals surface area contributed by atoms with Crippen molar-refractivity contribution in [3.05, 3.63) is 46.6 Å². The first-order chi connectivity index (χ1) is 11.0. The highest BCUT2D eigenvalue weighted by Gasteiger charge is 2.39. The third kappa shape index (κ3) is 4.20. The van der Waals surface area contributed by atoms with Crippen molar-refractivity contribution in [3.8, 4) is 5.88 Å². The zero-order valence-corrected chi connectivity index (χ0v) is 15.0. The molecule has 0 spiro atoms. The van der Waals surface area contributed by atoms with Crippen LogP contribution in [0.25, 0.3) is 0 Å². The predicted molar refractivity (Wildman–Crippen MR) is 94.4 cm³/mol. The minimum atomic E-state index is -0.914. The molecule has 1 atom stereocenters. The first-order valence-corrected chi connectivity index (χ1v) is 8.33. The second-order valence-corrected chi connectivity index (χ2v) is 6.75. The van der Waals surface area contributed by atoms with Gasteiger partial charge < -0.3 is 15.4 Å². The fourth-order valence-corrected chi connectivity index (χ4v) is 2.88. The third-order valence-corrected chi connectivity index (χ3v) is 4.23. The van der Waals surface area contributed by atoms with Crippen LogP contribution in [0.3, 0.4) is 0 Å². The van der Waals surface area contributed by atoms with Crippen molar-refractivity contribution in [1.82, 2.24) is 9.88 Å². The van der Waals surface area contributed by atoms with Crippen LogP contribution in [0.5, 0.6) is 5.88 Å². The van der Waals surface area contributed by atoms with E-state index in [1.54, 1.807) is 6.20 Å². The van der Waals surface area contributed by atoms with E-state index in [0.717, 1.165) is 17.4 Å². The lowest BCUT2D eigenvalue weighted by Crippen LogP contribution is -2.40. The van der Waals surface area contributed by atoms with E-state index in [4.69, 9.17) is 10.5 Å². The van der Waals surface area contributed by atoms with Gasteiger partial charge in [0.2, 0.25) is 11.8 Å². The van der Waals surface area contributed by atoms with Crippen LogP contribution in [-0.2, 0) is 10.2 Å². The number of halogens is 1. The van der Waals surface area contributed by atoms with E-state index in [-0.39, 0.29) is 0 Å². The molecule has 1 aliphatic rings. The minimum absolute atomic E-state index is 0.406. The Labute approximate surface area is 145 Å². The Balaban J connectivity index is 2.29. The molecule has 1 aliphatic carbocycles. The molecule has 5 nitrogen and oxygen atoms in total. The second-order valence-electron chi connectivity index (χ2n) is 5.84. The third-order valence-electron chi connectivity index (χ3n) is 3.79. The summed E-state index contributed by atoms with van der Waals surface area (Å²) in [6, 6.07) is 1.86. The zero-order valence-electron chi connectivity index (χ0n) is 13.5. The Bertz CT molecular complexity index is 628. The first-order valence-electron chi connectivity index (χ1n) is 7.53. The summed E-state index contributed by atoms with van der Waals surface area (Å²) in [5.74, 6) is 0.0573. The number of carbonyl (C=O) groups is 1. The summed E-state index contributed by atoms with van der Waals surface area (Å²) in [6.45, 7) is 1.46. The van der Waals surface area contributed by atoms with Crippen molar-refractivity contribution in [2.45, 2.75) is 18.3 Å². The molecule has 2 rings (SSSR count). The summed E-state index contributed by atoms with van der Waals surface area (Å²) >= 11 is 3.42. The molecule has 0 aromatic carbocycles. The monoisotopic (exact) mass is 379 g/mol. The van der Waals surface area contributed by atoms with Crippen molar-refractivity contribution in [3.63, 3.8) is 0 Å². The molecule has 0 saturated heterocycles. The van der Waals surface area contributed by atoms with Gasteiger partial charge in [0.25, 0.3) is 0 Å². The average Bonchev–Trinajstić information content (AvgIpc) is 2.53. The molecular formula is C17H22BrN3O2. The Kier molecular flexibility index (Phi) is 5.96. The van der Waals surface area contributed by atoms with Crippen LogP contribution < -0.4 is 10.5 Å². The highest BCUT2D eigenvalue weighted by Crippen LogP contribution is 2.38. The molecule has 6 heteroatoms. The number of hydrogen-bond donors (Lipinski definition) is 1. The van der Waals surface area contributed by atoms with E-state index in [1.807, 2.05) is 44.5 Å². The van der Waals surface area contributed by atoms with Gasteiger partial charge in [-0.15, -0.1) is 0 Å². The number of aromatic nitrogens is 1. The van der Waals surface area contributed by atoms with Crippen molar-refractivity contribution in [1.29, 1.82) is 0 Å². The van der Waals surface area contributed by atoms with Crippen LogP contribution >= 0.6 is 15.9 Å². The molecule has 1 unspecified atom stereocenters. The van der Waals surface area contributed by atoms with E-state index < -0.39 is 11.3 Å². The maximum absolute atomic E-state index is 12.2. The number of hydrogen-bond acceptors (Lipinski definition) is 4. The zero-order chi connectivity index (χ0) is 16.9. The lowest BCUT2D eigenvalue weighted by Gasteiger charge is -2.29. The van der Waals surface area contributed by atoms with Crippen molar-refractivity contribution < 1.29 is 9.53 Å². The molecule has 1 amide bonds. The first kappa shape index (κ1) is 17.7. The highest BCUT2D eigenvalue weighted by molar-refractivity contribution is 9.10. The van der Waals surface area contributed by atoms with Crippen LogP contribution in [-0.4, -0.2) is 43.0 Å². The molecule has 1 heterocycles. The smallest absolute Gasteiger partial charge is 0.232 e. The van der Waals surface area contributed by atoms with Gasteiger partial charge in [-0.25, -0.2) is 4.98 Å². The average molecular weight is 380 g/mol. The van der Waals surface area contributed by atoms with Crippen LogP contribution in [0.2, 0.25) is 0 Å². The lowest BCUT2D eigenvalue weighted by molar-refractivity contribution is -0.122. The molecule has 1 aromatic heterocycles. The van der Waals surface area contributed by atoms with E-state index in [1.165, 1.54) is 0 Å². The summed E-state index contributed by atoms with van der Waals surface area (Å²) < 4.78 is 6.64. The molecule has 0 aliphatic heterocycles. The normalized spacial score (nSPS) is 20.0. The van der Waals surface area contributed by atoms with Gasteiger partial charge in [0.15, 0.2) is 0 Å². The van der Waals surface area contributed by atoms with Gasteiger partial charge >= 0.3 is 0 Å². The number of ether oxygens (including phenoxy) is 1. The standard InChI is InChI=1S/C17H22BrN3O2/c1-21(2)9-6-10-23-15-14(11-13(18)12-20-15)17(16(19)22)7-4-3-5-8-17/h3-5,7,11-12H,6,8-10H2,1-2H3,(H2,19,22). The maximum Gasteiger partial charge on any atom is 0.232 e. The quantitative estimate of drug-likeness (QED) is 0.738. The summed E-state index contributed by atoms with van der Waals surface area (Å²) in [4.78, 5) is 18.6. The summed E-state index contributed by atoms with van der Waals surface area (Å²) in [5, 5.41) is 0. The fraction of sp³-hybridized carbons (Fsp3) is 0.412. The van der Waals surface area contributed by atoms with Gasteiger partial charge in [-0.3, -0.25) is 4.79 Å². The van der Waals surface area contributed by atoms with Crippen LogP contribution in [0.15, 0.2) is 41.0 Å².